The molecule has 1 aromatic carbocycles. The number of nitrogens with zero attached hydrogens (tertiary/aromatic N) is 1. The molecule has 1 rings (SSSR count). The quantitative estimate of drug-likeness (QED) is 0.822. The molecule has 5 heteroatoms. The Morgan fingerprint density at radius 2 is 2.26 bits per heavy atom. The second-order valence-electron chi connectivity index (χ2n) is 4.38. The third-order valence-corrected chi connectivity index (χ3v) is 2.90. The molecular weight excluding hydrogens is 244 g/mol. The second-order valence-corrected chi connectivity index (χ2v) is 4.38. The number of nitrogens with one attached hydrogen (secondary N) is 1. The highest BCUT2D eigenvalue weighted by Crippen LogP contribution is 2.13. The van der Waals surface area contributed by atoms with E-state index in [1.165, 1.54) is 4.90 Å². The van der Waals surface area contributed by atoms with Crippen molar-refractivity contribution in [3.05, 3.63) is 29.8 Å². The largest absolute Gasteiger partial charge is 0.494 e. The van der Waals surface area contributed by atoms with Gasteiger partial charge in [0.1, 0.15) is 5.75 Å². The predicted molar refractivity (Wildman–Crippen MR) is 74.2 cm³/mol. The van der Waals surface area contributed by atoms with Crippen LogP contribution in [0.3, 0.4) is 0 Å². The standard InChI is InChI=1S/C14H22N2O3/c1-4-19-13-7-5-6-12(8-13)9-15-14(18)16(3)11(2)10-17/h5-8,11,17H,4,9-10H2,1-3H3,(H,15,18). The van der Waals surface area contributed by atoms with Crippen molar-refractivity contribution in [2.45, 2.75) is 26.4 Å². The first-order valence-corrected chi connectivity index (χ1v) is 6.41. The van der Waals surface area contributed by atoms with Crippen molar-refractivity contribution in [2.75, 3.05) is 20.3 Å². The molecule has 106 valence electrons. The van der Waals surface area contributed by atoms with E-state index < -0.39 is 0 Å². The van der Waals surface area contributed by atoms with Gasteiger partial charge in [-0.25, -0.2) is 4.79 Å². The molecule has 0 aliphatic rings. The van der Waals surface area contributed by atoms with Gasteiger partial charge < -0.3 is 20.1 Å². The Morgan fingerprint density at radius 1 is 1.53 bits per heavy atom. The maximum Gasteiger partial charge on any atom is 0.317 e. The lowest BCUT2D eigenvalue weighted by molar-refractivity contribution is 0.157. The number of amides is 2. The lowest BCUT2D eigenvalue weighted by Gasteiger charge is -2.23. The van der Waals surface area contributed by atoms with E-state index in [0.717, 1.165) is 11.3 Å². The first kappa shape index (κ1) is 15.3. The van der Waals surface area contributed by atoms with Crippen molar-refractivity contribution in [3.63, 3.8) is 0 Å². The van der Waals surface area contributed by atoms with Crippen LogP contribution in [0.5, 0.6) is 5.75 Å². The van der Waals surface area contributed by atoms with E-state index in [1.807, 2.05) is 31.2 Å². The number of benzene rings is 1. The van der Waals surface area contributed by atoms with Gasteiger partial charge in [-0.1, -0.05) is 12.1 Å². The van der Waals surface area contributed by atoms with Gasteiger partial charge in [-0.3, -0.25) is 0 Å². The molecule has 0 aromatic heterocycles. The summed E-state index contributed by atoms with van der Waals surface area (Å²) in [6.07, 6.45) is 0. The van der Waals surface area contributed by atoms with E-state index in [4.69, 9.17) is 9.84 Å². The number of carbonyl (C=O) groups excluding carboxylic acids is 1. The molecule has 0 bridgehead atoms. The average molecular weight is 266 g/mol. The Hall–Kier alpha value is -1.75. The van der Waals surface area contributed by atoms with Crippen LogP contribution in [0.2, 0.25) is 0 Å². The van der Waals surface area contributed by atoms with Gasteiger partial charge >= 0.3 is 6.03 Å². The monoisotopic (exact) mass is 266 g/mol. The highest BCUT2D eigenvalue weighted by molar-refractivity contribution is 5.74. The first-order valence-electron chi connectivity index (χ1n) is 6.41. The summed E-state index contributed by atoms with van der Waals surface area (Å²) in [6.45, 7) is 4.72. The maximum absolute atomic E-state index is 11.8. The Balaban J connectivity index is 2.52. The van der Waals surface area contributed by atoms with Crippen molar-refractivity contribution in [1.82, 2.24) is 10.2 Å². The lowest BCUT2D eigenvalue weighted by Crippen LogP contribution is -2.43. The molecule has 0 radical (unpaired) electrons. The van der Waals surface area contributed by atoms with Crippen LogP contribution >= 0.6 is 0 Å². The number of urea groups is 1. The topological polar surface area (TPSA) is 61.8 Å². The van der Waals surface area contributed by atoms with Crippen LogP contribution in [0, 0.1) is 0 Å². The smallest absolute Gasteiger partial charge is 0.317 e. The molecule has 0 spiro atoms. The van der Waals surface area contributed by atoms with Gasteiger partial charge in [0.05, 0.1) is 19.3 Å². The lowest BCUT2D eigenvalue weighted by atomic mass is 10.2. The molecule has 2 amide bonds. The van der Waals surface area contributed by atoms with Gasteiger partial charge in [0.15, 0.2) is 0 Å². The van der Waals surface area contributed by atoms with Gasteiger partial charge in [0.2, 0.25) is 0 Å². The van der Waals surface area contributed by atoms with E-state index in [1.54, 1.807) is 14.0 Å². The zero-order valence-electron chi connectivity index (χ0n) is 11.7. The summed E-state index contributed by atoms with van der Waals surface area (Å²) in [7, 11) is 1.66. The summed E-state index contributed by atoms with van der Waals surface area (Å²) in [4.78, 5) is 13.3. The van der Waals surface area contributed by atoms with Crippen molar-refractivity contribution >= 4 is 6.03 Å². The fraction of sp³-hybridized carbons (Fsp3) is 0.500. The molecule has 0 aliphatic carbocycles. The molecular formula is C14H22N2O3. The van der Waals surface area contributed by atoms with E-state index in [2.05, 4.69) is 5.32 Å². The minimum absolute atomic E-state index is 0.0518. The van der Waals surface area contributed by atoms with Crippen LogP contribution in [0.4, 0.5) is 4.79 Å². The number of rotatable bonds is 6. The van der Waals surface area contributed by atoms with Crippen LogP contribution in [-0.2, 0) is 6.54 Å². The number of hydrogen-bond donors (Lipinski definition) is 2. The SMILES string of the molecule is CCOc1cccc(CNC(=O)N(C)C(C)CO)c1. The Bertz CT molecular complexity index is 409. The van der Waals surface area contributed by atoms with Gasteiger partial charge in [-0.05, 0) is 31.5 Å². The van der Waals surface area contributed by atoms with E-state index in [0.29, 0.717) is 13.2 Å². The number of aliphatic hydroxyl groups is 1. The highest BCUT2D eigenvalue weighted by atomic mass is 16.5. The first-order chi connectivity index (χ1) is 9.08. The number of likely N-dealkylation sites (N-methyl/N-ethyl adjacent to an activating group) is 1. The van der Waals surface area contributed by atoms with Crippen LogP contribution in [0.1, 0.15) is 19.4 Å². The number of hydrogen-bond acceptors (Lipinski definition) is 3. The molecule has 0 aliphatic heterocycles. The summed E-state index contributed by atoms with van der Waals surface area (Å²) in [6, 6.07) is 7.21. The van der Waals surface area contributed by atoms with E-state index in [9.17, 15) is 4.79 Å². The normalized spacial score (nSPS) is 11.8. The second kappa shape index (κ2) is 7.63. The van der Waals surface area contributed by atoms with Gasteiger partial charge in [-0.2, -0.15) is 0 Å². The Morgan fingerprint density at radius 3 is 2.89 bits per heavy atom. The predicted octanol–water partition coefficient (Wildman–Crippen LogP) is 1.61. The molecule has 5 nitrogen and oxygen atoms in total. The summed E-state index contributed by atoms with van der Waals surface area (Å²) in [5.41, 5.74) is 0.976. The summed E-state index contributed by atoms with van der Waals surface area (Å²) < 4.78 is 5.40. The zero-order chi connectivity index (χ0) is 14.3. The Kier molecular flexibility index (Phi) is 6.15. The van der Waals surface area contributed by atoms with Crippen LogP contribution in [0.15, 0.2) is 24.3 Å². The fourth-order valence-electron chi connectivity index (χ4n) is 1.54. The molecule has 0 fully saturated rings. The molecule has 19 heavy (non-hydrogen) atoms. The number of carbonyl (C=O) groups is 1. The molecule has 1 atom stereocenters. The van der Waals surface area contributed by atoms with Crippen molar-refractivity contribution in [1.29, 1.82) is 0 Å². The van der Waals surface area contributed by atoms with Crippen molar-refractivity contribution < 1.29 is 14.6 Å². The number of aliphatic hydroxyl groups excluding tert-OH is 1. The third-order valence-electron chi connectivity index (χ3n) is 2.90. The van der Waals surface area contributed by atoms with Gasteiger partial charge in [0.25, 0.3) is 0 Å². The maximum atomic E-state index is 11.8. The molecule has 0 saturated heterocycles. The van der Waals surface area contributed by atoms with Crippen LogP contribution < -0.4 is 10.1 Å². The van der Waals surface area contributed by atoms with E-state index >= 15 is 0 Å². The van der Waals surface area contributed by atoms with Gasteiger partial charge in [-0.15, -0.1) is 0 Å². The molecule has 0 heterocycles. The summed E-state index contributed by atoms with van der Waals surface area (Å²) in [5.74, 6) is 0.798. The summed E-state index contributed by atoms with van der Waals surface area (Å²) >= 11 is 0. The molecule has 2 N–H and O–H groups in total. The van der Waals surface area contributed by atoms with Crippen molar-refractivity contribution in [3.8, 4) is 5.75 Å². The van der Waals surface area contributed by atoms with E-state index in [-0.39, 0.29) is 18.7 Å². The van der Waals surface area contributed by atoms with Crippen LogP contribution in [-0.4, -0.2) is 42.3 Å². The average Bonchev–Trinajstić information content (AvgIpc) is 2.44. The van der Waals surface area contributed by atoms with Gasteiger partial charge in [0, 0.05) is 13.6 Å². The molecule has 1 unspecified atom stereocenters. The fourth-order valence-corrected chi connectivity index (χ4v) is 1.54. The van der Waals surface area contributed by atoms with Crippen LogP contribution in [0.25, 0.3) is 0 Å². The highest BCUT2D eigenvalue weighted by Gasteiger charge is 2.14. The third kappa shape index (κ3) is 4.79. The minimum Gasteiger partial charge on any atom is -0.494 e. The van der Waals surface area contributed by atoms with Crippen molar-refractivity contribution in [2.24, 2.45) is 0 Å². The number of ether oxygens (including phenoxy) is 1. The minimum atomic E-state index is -0.205. The zero-order valence-corrected chi connectivity index (χ0v) is 11.7. The molecule has 1 aromatic rings. The Labute approximate surface area is 114 Å². The summed E-state index contributed by atoms with van der Waals surface area (Å²) in [5, 5.41) is 11.8. The molecule has 0 saturated carbocycles.